The van der Waals surface area contributed by atoms with Gasteiger partial charge < -0.3 is 9.73 Å². The summed E-state index contributed by atoms with van der Waals surface area (Å²) < 4.78 is 33.0. The fourth-order valence-electron chi connectivity index (χ4n) is 1.73. The standard InChI is InChI=1S/C14H16F2N2O/c1-10-11(2)19-13(18-10)8-17-9-14(15,16)12-6-4-3-5-7-12/h3-7,17H,8-9H2,1-2H3. The lowest BCUT2D eigenvalue weighted by atomic mass is 10.1. The van der Waals surface area contributed by atoms with Crippen molar-refractivity contribution in [2.45, 2.75) is 26.3 Å². The van der Waals surface area contributed by atoms with Crippen molar-refractivity contribution in [3.63, 3.8) is 0 Å². The van der Waals surface area contributed by atoms with Crippen molar-refractivity contribution in [2.24, 2.45) is 0 Å². The van der Waals surface area contributed by atoms with Crippen molar-refractivity contribution in [1.82, 2.24) is 10.3 Å². The van der Waals surface area contributed by atoms with E-state index in [1.807, 2.05) is 6.92 Å². The SMILES string of the molecule is Cc1nc(CNCC(F)(F)c2ccccc2)oc1C. The molecule has 0 unspecified atom stereocenters. The predicted molar refractivity (Wildman–Crippen MR) is 68.0 cm³/mol. The number of nitrogens with zero attached hydrogens (tertiary/aromatic N) is 1. The second-order valence-electron chi connectivity index (χ2n) is 4.42. The quantitative estimate of drug-likeness (QED) is 0.903. The summed E-state index contributed by atoms with van der Waals surface area (Å²) in [6.07, 6.45) is 0. The molecule has 19 heavy (non-hydrogen) atoms. The lowest BCUT2D eigenvalue weighted by Gasteiger charge is -2.16. The Kier molecular flexibility index (Phi) is 3.95. The van der Waals surface area contributed by atoms with Crippen LogP contribution in [0, 0.1) is 13.8 Å². The first-order chi connectivity index (χ1) is 8.99. The molecule has 2 rings (SSSR count). The minimum absolute atomic E-state index is 0.00210. The monoisotopic (exact) mass is 266 g/mol. The van der Waals surface area contributed by atoms with Gasteiger partial charge in [-0.05, 0) is 13.8 Å². The zero-order valence-corrected chi connectivity index (χ0v) is 10.9. The van der Waals surface area contributed by atoms with E-state index in [4.69, 9.17) is 4.42 Å². The van der Waals surface area contributed by atoms with Gasteiger partial charge >= 0.3 is 0 Å². The van der Waals surface area contributed by atoms with Crippen molar-refractivity contribution < 1.29 is 13.2 Å². The third-order valence-electron chi connectivity index (χ3n) is 2.89. The van der Waals surface area contributed by atoms with Crippen LogP contribution in [0.25, 0.3) is 0 Å². The fraction of sp³-hybridized carbons (Fsp3) is 0.357. The highest BCUT2D eigenvalue weighted by atomic mass is 19.3. The Labute approximate surface area is 110 Å². The minimum Gasteiger partial charge on any atom is -0.444 e. The average molecular weight is 266 g/mol. The normalized spacial score (nSPS) is 11.8. The van der Waals surface area contributed by atoms with Crippen LogP contribution in [-0.2, 0) is 12.5 Å². The van der Waals surface area contributed by atoms with E-state index in [1.165, 1.54) is 12.1 Å². The van der Waals surface area contributed by atoms with Crippen LogP contribution >= 0.6 is 0 Å². The maximum atomic E-state index is 13.8. The molecule has 0 atom stereocenters. The Morgan fingerprint density at radius 1 is 1.21 bits per heavy atom. The predicted octanol–water partition coefficient (Wildman–Crippen LogP) is 3.17. The molecule has 0 amide bonds. The molecule has 0 spiro atoms. The second kappa shape index (κ2) is 5.48. The summed E-state index contributed by atoms with van der Waals surface area (Å²) in [6, 6.07) is 7.75. The minimum atomic E-state index is -2.90. The number of halogens is 2. The van der Waals surface area contributed by atoms with Gasteiger partial charge in [-0.1, -0.05) is 30.3 Å². The maximum absolute atomic E-state index is 13.8. The maximum Gasteiger partial charge on any atom is 0.285 e. The fourth-order valence-corrected chi connectivity index (χ4v) is 1.73. The molecule has 5 heteroatoms. The van der Waals surface area contributed by atoms with E-state index in [0.29, 0.717) is 11.7 Å². The number of oxazole rings is 1. The smallest absolute Gasteiger partial charge is 0.285 e. The number of hydrogen-bond acceptors (Lipinski definition) is 3. The molecule has 0 aliphatic rings. The van der Waals surface area contributed by atoms with Gasteiger partial charge in [0.2, 0.25) is 5.89 Å². The number of hydrogen-bond donors (Lipinski definition) is 1. The third kappa shape index (κ3) is 3.38. The van der Waals surface area contributed by atoms with Gasteiger partial charge in [0, 0.05) is 5.56 Å². The molecular weight excluding hydrogens is 250 g/mol. The first kappa shape index (κ1) is 13.7. The van der Waals surface area contributed by atoms with Gasteiger partial charge in [-0.25, -0.2) is 4.98 Å². The highest BCUT2D eigenvalue weighted by Crippen LogP contribution is 2.26. The van der Waals surface area contributed by atoms with Crippen molar-refractivity contribution in [3.8, 4) is 0 Å². The van der Waals surface area contributed by atoms with Gasteiger partial charge in [0.1, 0.15) is 5.76 Å². The summed E-state index contributed by atoms with van der Waals surface area (Å²) in [6.45, 7) is 3.36. The van der Waals surface area contributed by atoms with E-state index in [-0.39, 0.29) is 12.1 Å². The Morgan fingerprint density at radius 3 is 2.47 bits per heavy atom. The van der Waals surface area contributed by atoms with Crippen LogP contribution < -0.4 is 5.32 Å². The van der Waals surface area contributed by atoms with Gasteiger partial charge in [-0.3, -0.25) is 0 Å². The topological polar surface area (TPSA) is 38.1 Å². The molecule has 0 aliphatic carbocycles. The van der Waals surface area contributed by atoms with Gasteiger partial charge in [0.25, 0.3) is 5.92 Å². The second-order valence-corrected chi connectivity index (χ2v) is 4.42. The lowest BCUT2D eigenvalue weighted by Crippen LogP contribution is -2.30. The lowest BCUT2D eigenvalue weighted by molar-refractivity contribution is -0.00385. The molecule has 1 aromatic carbocycles. The largest absolute Gasteiger partial charge is 0.444 e. The van der Waals surface area contributed by atoms with Crippen LogP contribution in [0.5, 0.6) is 0 Å². The van der Waals surface area contributed by atoms with E-state index in [9.17, 15) is 8.78 Å². The molecule has 102 valence electrons. The molecule has 0 radical (unpaired) electrons. The summed E-state index contributed by atoms with van der Waals surface area (Å²) >= 11 is 0. The van der Waals surface area contributed by atoms with Gasteiger partial charge in [-0.15, -0.1) is 0 Å². The Bertz CT molecular complexity index is 518. The molecule has 2 aromatic rings. The Hall–Kier alpha value is -1.75. The van der Waals surface area contributed by atoms with Crippen LogP contribution in [0.4, 0.5) is 8.78 Å². The highest BCUT2D eigenvalue weighted by Gasteiger charge is 2.30. The van der Waals surface area contributed by atoms with Crippen molar-refractivity contribution in [1.29, 1.82) is 0 Å². The molecule has 0 bridgehead atoms. The molecule has 0 saturated carbocycles. The average Bonchev–Trinajstić information content (AvgIpc) is 2.69. The van der Waals surface area contributed by atoms with E-state index in [1.54, 1.807) is 25.1 Å². The molecule has 1 N–H and O–H groups in total. The number of benzene rings is 1. The number of alkyl halides is 2. The summed E-state index contributed by atoms with van der Waals surface area (Å²) in [5.74, 6) is -1.76. The zero-order valence-electron chi connectivity index (χ0n) is 10.9. The van der Waals surface area contributed by atoms with Crippen molar-refractivity contribution in [2.75, 3.05) is 6.54 Å². The van der Waals surface area contributed by atoms with Crippen LogP contribution in [0.1, 0.15) is 22.9 Å². The van der Waals surface area contributed by atoms with Gasteiger partial charge in [0.05, 0.1) is 18.8 Å². The molecule has 3 nitrogen and oxygen atoms in total. The molecule has 1 heterocycles. The van der Waals surface area contributed by atoms with Crippen LogP contribution in [-0.4, -0.2) is 11.5 Å². The number of nitrogens with one attached hydrogen (secondary N) is 1. The Balaban J connectivity index is 1.91. The number of rotatable bonds is 5. The summed E-state index contributed by atoms with van der Waals surface area (Å²) in [5, 5.41) is 2.67. The van der Waals surface area contributed by atoms with Crippen molar-refractivity contribution in [3.05, 3.63) is 53.2 Å². The van der Waals surface area contributed by atoms with Crippen LogP contribution in [0.15, 0.2) is 34.7 Å². The van der Waals surface area contributed by atoms with E-state index in [2.05, 4.69) is 10.3 Å². The van der Waals surface area contributed by atoms with Crippen LogP contribution in [0.2, 0.25) is 0 Å². The first-order valence-electron chi connectivity index (χ1n) is 6.06. The molecule has 1 aromatic heterocycles. The number of aromatic nitrogens is 1. The van der Waals surface area contributed by atoms with E-state index >= 15 is 0 Å². The molecule has 0 saturated heterocycles. The zero-order chi connectivity index (χ0) is 13.9. The van der Waals surface area contributed by atoms with Gasteiger partial charge in [0.15, 0.2) is 0 Å². The van der Waals surface area contributed by atoms with Gasteiger partial charge in [-0.2, -0.15) is 8.78 Å². The molecule has 0 fully saturated rings. The first-order valence-corrected chi connectivity index (χ1v) is 6.06. The van der Waals surface area contributed by atoms with E-state index < -0.39 is 12.5 Å². The molecule has 0 aliphatic heterocycles. The summed E-state index contributed by atoms with van der Waals surface area (Å²) in [5.41, 5.74) is 0.786. The third-order valence-corrected chi connectivity index (χ3v) is 2.89. The Morgan fingerprint density at radius 2 is 1.89 bits per heavy atom. The van der Waals surface area contributed by atoms with Crippen LogP contribution in [0.3, 0.4) is 0 Å². The summed E-state index contributed by atoms with van der Waals surface area (Å²) in [4.78, 5) is 4.13. The number of aryl methyl sites for hydroxylation is 2. The van der Waals surface area contributed by atoms with Crippen molar-refractivity contribution >= 4 is 0 Å². The highest BCUT2D eigenvalue weighted by molar-refractivity contribution is 5.20. The summed E-state index contributed by atoms with van der Waals surface area (Å²) in [7, 11) is 0. The molecular formula is C14H16F2N2O. The van der Waals surface area contributed by atoms with E-state index in [0.717, 1.165) is 5.69 Å².